The Morgan fingerprint density at radius 2 is 1.62 bits per heavy atom. The fourth-order valence-electron chi connectivity index (χ4n) is 3.21. The zero-order chi connectivity index (χ0) is 23.9. The Kier molecular flexibility index (Phi) is 7.24. The predicted octanol–water partition coefficient (Wildman–Crippen LogP) is 3.79. The third-order valence-electron chi connectivity index (χ3n) is 4.88. The van der Waals surface area contributed by atoms with E-state index in [1.807, 2.05) is 48.5 Å². The summed E-state index contributed by atoms with van der Waals surface area (Å²) in [5.41, 5.74) is 3.75. The Balaban J connectivity index is 1.33. The number of amides is 3. The number of nitrogens with zero attached hydrogens (tertiary/aromatic N) is 1. The number of nitrogens with one attached hydrogen (secondary N) is 2. The number of carbonyl (C=O) groups excluding carboxylic acids is 4. The van der Waals surface area contributed by atoms with Crippen LogP contribution in [0.3, 0.4) is 0 Å². The topological polar surface area (TPSA) is 105 Å². The van der Waals surface area contributed by atoms with Crippen molar-refractivity contribution in [2.24, 2.45) is 0 Å². The van der Waals surface area contributed by atoms with E-state index in [1.54, 1.807) is 6.07 Å². The van der Waals surface area contributed by atoms with E-state index in [0.717, 1.165) is 14.8 Å². The number of esters is 1. The summed E-state index contributed by atoms with van der Waals surface area (Å²) in [4.78, 5) is 50.2. The molecule has 34 heavy (non-hydrogen) atoms. The lowest BCUT2D eigenvalue weighted by atomic mass is 10.2. The average molecular weight is 476 g/mol. The SMILES string of the molecule is O=C(COC(=O)c1ccc(N2NC(=O)CCC2=O)cc1)Nc1ccccc1Sc1ccccc1. The van der Waals surface area contributed by atoms with Gasteiger partial charge in [0.1, 0.15) is 0 Å². The van der Waals surface area contributed by atoms with Gasteiger partial charge in [-0.05, 0) is 48.5 Å². The first kappa shape index (κ1) is 23.1. The summed E-state index contributed by atoms with van der Waals surface area (Å²) in [5, 5.41) is 3.93. The molecule has 0 radical (unpaired) electrons. The molecule has 0 aliphatic carbocycles. The molecular weight excluding hydrogens is 454 g/mol. The number of hydrogen-bond acceptors (Lipinski definition) is 6. The van der Waals surface area contributed by atoms with Crippen molar-refractivity contribution in [1.29, 1.82) is 0 Å². The highest BCUT2D eigenvalue weighted by Gasteiger charge is 2.24. The lowest BCUT2D eigenvalue weighted by molar-refractivity contribution is -0.130. The van der Waals surface area contributed by atoms with Crippen LogP contribution < -0.4 is 15.8 Å². The van der Waals surface area contributed by atoms with Gasteiger partial charge in [0.05, 0.1) is 16.9 Å². The molecule has 1 aliphatic heterocycles. The fraction of sp³-hybridized carbons (Fsp3) is 0.120. The summed E-state index contributed by atoms with van der Waals surface area (Å²) in [6.07, 6.45) is 0.273. The van der Waals surface area contributed by atoms with Crippen molar-refractivity contribution < 1.29 is 23.9 Å². The lowest BCUT2D eigenvalue weighted by Crippen LogP contribution is -2.50. The van der Waals surface area contributed by atoms with Gasteiger partial charge in [-0.1, -0.05) is 42.1 Å². The standard InChI is InChI=1S/C25H21N3O5S/c29-22-14-15-24(31)28(27-22)18-12-10-17(11-13-18)25(32)33-16-23(30)26-20-8-4-5-9-21(20)34-19-6-2-1-3-7-19/h1-13H,14-16H2,(H,26,30)(H,27,29). The van der Waals surface area contributed by atoms with Crippen LogP contribution in [0.2, 0.25) is 0 Å². The van der Waals surface area contributed by atoms with Gasteiger partial charge in [0.2, 0.25) is 11.8 Å². The number of benzene rings is 3. The Hall–Kier alpha value is -4.11. The van der Waals surface area contributed by atoms with Crippen molar-refractivity contribution in [2.45, 2.75) is 22.6 Å². The first-order chi connectivity index (χ1) is 16.5. The highest BCUT2D eigenvalue weighted by molar-refractivity contribution is 7.99. The predicted molar refractivity (Wildman–Crippen MR) is 127 cm³/mol. The summed E-state index contributed by atoms with van der Waals surface area (Å²) < 4.78 is 5.14. The quantitative estimate of drug-likeness (QED) is 0.504. The summed E-state index contributed by atoms with van der Waals surface area (Å²) in [7, 11) is 0. The number of carbonyl (C=O) groups is 4. The van der Waals surface area contributed by atoms with Gasteiger partial charge in [-0.15, -0.1) is 0 Å². The Labute approximate surface area is 200 Å². The third-order valence-corrected chi connectivity index (χ3v) is 5.96. The molecular formula is C25H21N3O5S. The zero-order valence-electron chi connectivity index (χ0n) is 18.0. The number of anilines is 2. The molecule has 0 saturated carbocycles. The molecule has 1 aliphatic rings. The van der Waals surface area contributed by atoms with Crippen molar-refractivity contribution in [2.75, 3.05) is 16.9 Å². The molecule has 9 heteroatoms. The number of hydrazine groups is 1. The van der Waals surface area contributed by atoms with Gasteiger partial charge in [0.25, 0.3) is 5.91 Å². The minimum absolute atomic E-state index is 0.123. The maximum absolute atomic E-state index is 12.4. The Morgan fingerprint density at radius 3 is 2.38 bits per heavy atom. The number of para-hydroxylation sites is 1. The van der Waals surface area contributed by atoms with E-state index in [1.165, 1.54) is 36.0 Å². The highest BCUT2D eigenvalue weighted by Crippen LogP contribution is 2.33. The molecule has 1 saturated heterocycles. The Bertz CT molecular complexity index is 1210. The normalized spacial score (nSPS) is 13.2. The van der Waals surface area contributed by atoms with Crippen molar-refractivity contribution >= 4 is 46.8 Å². The summed E-state index contributed by atoms with van der Waals surface area (Å²) in [5.74, 6) is -1.63. The molecule has 8 nitrogen and oxygen atoms in total. The molecule has 1 fully saturated rings. The van der Waals surface area contributed by atoms with Gasteiger partial charge in [-0.3, -0.25) is 19.8 Å². The highest BCUT2D eigenvalue weighted by atomic mass is 32.2. The molecule has 3 aromatic carbocycles. The van der Waals surface area contributed by atoms with Crippen LogP contribution in [0.5, 0.6) is 0 Å². The van der Waals surface area contributed by atoms with E-state index in [9.17, 15) is 19.2 Å². The second-order valence-corrected chi connectivity index (χ2v) is 8.46. The fourth-order valence-corrected chi connectivity index (χ4v) is 4.13. The molecule has 0 spiro atoms. The maximum Gasteiger partial charge on any atom is 0.338 e. The second-order valence-electron chi connectivity index (χ2n) is 7.35. The van der Waals surface area contributed by atoms with Crippen LogP contribution in [0, 0.1) is 0 Å². The van der Waals surface area contributed by atoms with E-state index in [2.05, 4.69) is 10.7 Å². The van der Waals surface area contributed by atoms with E-state index in [0.29, 0.717) is 11.4 Å². The van der Waals surface area contributed by atoms with Crippen LogP contribution in [0.25, 0.3) is 0 Å². The number of ether oxygens (including phenoxy) is 1. The first-order valence-electron chi connectivity index (χ1n) is 10.5. The smallest absolute Gasteiger partial charge is 0.338 e. The molecule has 172 valence electrons. The molecule has 2 N–H and O–H groups in total. The van der Waals surface area contributed by atoms with E-state index >= 15 is 0 Å². The average Bonchev–Trinajstić information content (AvgIpc) is 2.86. The molecule has 0 unspecified atom stereocenters. The second kappa shape index (κ2) is 10.7. The van der Waals surface area contributed by atoms with Crippen LogP contribution in [0.15, 0.2) is 88.7 Å². The molecule has 3 amide bonds. The molecule has 0 aromatic heterocycles. The molecule has 3 aromatic rings. The molecule has 0 bridgehead atoms. The Morgan fingerprint density at radius 1 is 0.912 bits per heavy atom. The van der Waals surface area contributed by atoms with Crippen LogP contribution >= 0.6 is 11.8 Å². The van der Waals surface area contributed by atoms with E-state index in [4.69, 9.17) is 4.74 Å². The van der Waals surface area contributed by atoms with Crippen LogP contribution in [0.4, 0.5) is 11.4 Å². The van der Waals surface area contributed by atoms with Crippen molar-refractivity contribution in [1.82, 2.24) is 5.43 Å². The number of hydrogen-bond donors (Lipinski definition) is 2. The largest absolute Gasteiger partial charge is 0.452 e. The van der Waals surface area contributed by atoms with Gasteiger partial charge in [0.15, 0.2) is 6.61 Å². The monoisotopic (exact) mass is 475 g/mol. The lowest BCUT2D eigenvalue weighted by Gasteiger charge is -2.27. The van der Waals surface area contributed by atoms with Crippen LogP contribution in [-0.2, 0) is 19.1 Å². The van der Waals surface area contributed by atoms with Crippen molar-refractivity contribution in [3.8, 4) is 0 Å². The summed E-state index contributed by atoms with van der Waals surface area (Å²) in [6, 6.07) is 23.1. The van der Waals surface area contributed by atoms with E-state index < -0.39 is 18.5 Å². The van der Waals surface area contributed by atoms with E-state index in [-0.39, 0.29) is 30.2 Å². The van der Waals surface area contributed by atoms with Gasteiger partial charge in [0, 0.05) is 22.6 Å². The minimum Gasteiger partial charge on any atom is -0.452 e. The van der Waals surface area contributed by atoms with Gasteiger partial charge >= 0.3 is 5.97 Å². The zero-order valence-corrected chi connectivity index (χ0v) is 18.8. The molecule has 4 rings (SSSR count). The minimum atomic E-state index is -0.678. The summed E-state index contributed by atoms with van der Waals surface area (Å²) >= 11 is 1.51. The molecule has 1 heterocycles. The van der Waals surface area contributed by atoms with Crippen molar-refractivity contribution in [3.05, 3.63) is 84.4 Å². The third kappa shape index (κ3) is 5.81. The van der Waals surface area contributed by atoms with Crippen LogP contribution in [-0.4, -0.2) is 30.3 Å². The number of rotatable bonds is 7. The van der Waals surface area contributed by atoms with Gasteiger partial charge in [-0.25, -0.2) is 9.80 Å². The van der Waals surface area contributed by atoms with Crippen LogP contribution in [0.1, 0.15) is 23.2 Å². The summed E-state index contributed by atoms with van der Waals surface area (Å²) in [6.45, 7) is -0.453. The van der Waals surface area contributed by atoms with Gasteiger partial charge in [-0.2, -0.15) is 0 Å². The van der Waals surface area contributed by atoms with Crippen molar-refractivity contribution in [3.63, 3.8) is 0 Å². The maximum atomic E-state index is 12.4. The first-order valence-corrected chi connectivity index (χ1v) is 11.3. The molecule has 0 atom stereocenters. The van der Waals surface area contributed by atoms with Gasteiger partial charge < -0.3 is 10.1 Å².